The maximum Gasteiger partial charge on any atom is 0.113 e. The maximum absolute atomic E-state index is 4.25. The van der Waals surface area contributed by atoms with E-state index >= 15 is 0 Å². The molecule has 1 heterocycles. The number of hydrogen-bond acceptors (Lipinski definition) is 1. The van der Waals surface area contributed by atoms with E-state index in [1.807, 2.05) is 0 Å². The van der Waals surface area contributed by atoms with Crippen molar-refractivity contribution in [3.8, 4) is 0 Å². The second kappa shape index (κ2) is 3.52. The first-order chi connectivity index (χ1) is 6.27. The van der Waals surface area contributed by atoms with E-state index in [2.05, 4.69) is 35.9 Å². The van der Waals surface area contributed by atoms with E-state index in [9.17, 15) is 0 Å². The van der Waals surface area contributed by atoms with E-state index in [-0.39, 0.29) is 0 Å². The summed E-state index contributed by atoms with van der Waals surface area (Å²) in [6.07, 6.45) is 7.04. The van der Waals surface area contributed by atoms with Crippen LogP contribution in [0.2, 0.25) is 0 Å². The van der Waals surface area contributed by atoms with Gasteiger partial charge in [-0.1, -0.05) is 20.3 Å². The molecule has 13 heavy (non-hydrogen) atoms. The van der Waals surface area contributed by atoms with Gasteiger partial charge in [0.2, 0.25) is 0 Å². The van der Waals surface area contributed by atoms with Crippen molar-refractivity contribution in [2.24, 2.45) is 5.92 Å². The Bertz CT molecular complexity index is 271. The third-order valence-corrected chi connectivity index (χ3v) is 2.75. The molecule has 2 nitrogen and oxygen atoms in total. The monoisotopic (exact) mass is 177 g/mol. The summed E-state index contributed by atoms with van der Waals surface area (Å²) in [4.78, 5) is 0. The van der Waals surface area contributed by atoms with E-state index in [0.717, 1.165) is 12.5 Å². The molecule has 0 N–H and O–H groups in total. The van der Waals surface area contributed by atoms with E-state index in [1.165, 1.54) is 25.0 Å². The van der Waals surface area contributed by atoms with Gasteiger partial charge in [-0.05, 0) is 24.8 Å². The van der Waals surface area contributed by atoms with Gasteiger partial charge < -0.3 is 0 Å². The second-order valence-electron chi connectivity index (χ2n) is 4.40. The minimum atomic E-state index is 0.673. The van der Waals surface area contributed by atoms with E-state index < -0.39 is 0 Å². The lowest BCUT2D eigenvalue weighted by atomic mass is 9.83. The SMILES string of the molecule is CC(C)Cn1n[c]cc1C1CCC1. The van der Waals surface area contributed by atoms with Gasteiger partial charge in [0.1, 0.15) is 6.20 Å². The van der Waals surface area contributed by atoms with Crippen LogP contribution in [-0.4, -0.2) is 9.78 Å². The Balaban J connectivity index is 2.10. The van der Waals surface area contributed by atoms with E-state index in [4.69, 9.17) is 0 Å². The molecular formula is C11H17N2. The van der Waals surface area contributed by atoms with Gasteiger partial charge in [-0.2, -0.15) is 5.10 Å². The first kappa shape index (κ1) is 8.79. The molecule has 1 aliphatic rings. The number of aromatic nitrogens is 2. The van der Waals surface area contributed by atoms with Crippen molar-refractivity contribution in [2.45, 2.75) is 45.6 Å². The summed E-state index contributed by atoms with van der Waals surface area (Å²) >= 11 is 0. The van der Waals surface area contributed by atoms with Gasteiger partial charge in [0, 0.05) is 18.2 Å². The van der Waals surface area contributed by atoms with Crippen LogP contribution in [0.5, 0.6) is 0 Å². The molecule has 0 aliphatic heterocycles. The highest BCUT2D eigenvalue weighted by Gasteiger charge is 2.22. The van der Waals surface area contributed by atoms with Crippen molar-refractivity contribution in [2.75, 3.05) is 0 Å². The van der Waals surface area contributed by atoms with E-state index in [0.29, 0.717) is 5.92 Å². The van der Waals surface area contributed by atoms with Gasteiger partial charge in [-0.25, -0.2) is 0 Å². The fourth-order valence-corrected chi connectivity index (χ4v) is 1.82. The molecule has 1 aromatic heterocycles. The molecule has 0 spiro atoms. The maximum atomic E-state index is 4.25. The van der Waals surface area contributed by atoms with Crippen molar-refractivity contribution in [3.63, 3.8) is 0 Å². The fraction of sp³-hybridized carbons (Fsp3) is 0.727. The lowest BCUT2D eigenvalue weighted by Crippen LogP contribution is -2.17. The van der Waals surface area contributed by atoms with Crippen LogP contribution in [-0.2, 0) is 6.54 Å². The number of rotatable bonds is 3. The highest BCUT2D eigenvalue weighted by molar-refractivity contribution is 5.10. The van der Waals surface area contributed by atoms with Crippen LogP contribution in [0.25, 0.3) is 0 Å². The Morgan fingerprint density at radius 2 is 2.38 bits per heavy atom. The molecule has 0 bridgehead atoms. The first-order valence-electron chi connectivity index (χ1n) is 5.21. The Morgan fingerprint density at radius 3 is 2.92 bits per heavy atom. The van der Waals surface area contributed by atoms with Crippen LogP contribution in [0.4, 0.5) is 0 Å². The van der Waals surface area contributed by atoms with Crippen LogP contribution in [0.1, 0.15) is 44.7 Å². The summed E-state index contributed by atoms with van der Waals surface area (Å²) in [5, 5.41) is 4.25. The molecule has 2 heteroatoms. The molecule has 1 saturated carbocycles. The van der Waals surface area contributed by atoms with Crippen LogP contribution in [0.3, 0.4) is 0 Å². The molecule has 0 aromatic carbocycles. The van der Waals surface area contributed by atoms with Crippen LogP contribution in [0, 0.1) is 12.1 Å². The van der Waals surface area contributed by atoms with Gasteiger partial charge in [0.15, 0.2) is 0 Å². The highest BCUT2D eigenvalue weighted by atomic mass is 15.3. The average Bonchev–Trinajstić information content (AvgIpc) is 2.32. The van der Waals surface area contributed by atoms with Crippen molar-refractivity contribution in [1.29, 1.82) is 0 Å². The number of hydrogen-bond donors (Lipinski definition) is 0. The summed E-state index contributed by atoms with van der Waals surface area (Å²) in [5.41, 5.74) is 1.40. The van der Waals surface area contributed by atoms with E-state index in [1.54, 1.807) is 0 Å². The van der Waals surface area contributed by atoms with Gasteiger partial charge in [-0.15, -0.1) is 0 Å². The van der Waals surface area contributed by atoms with Gasteiger partial charge in [-0.3, -0.25) is 4.68 Å². The zero-order valence-corrected chi connectivity index (χ0v) is 8.45. The third-order valence-electron chi connectivity index (χ3n) is 2.75. The van der Waals surface area contributed by atoms with Crippen molar-refractivity contribution in [1.82, 2.24) is 9.78 Å². The molecule has 1 radical (unpaired) electrons. The molecule has 2 rings (SSSR count). The fourth-order valence-electron chi connectivity index (χ4n) is 1.82. The smallest absolute Gasteiger partial charge is 0.113 e. The predicted molar refractivity (Wildman–Crippen MR) is 52.5 cm³/mol. The molecule has 0 saturated heterocycles. The van der Waals surface area contributed by atoms with Crippen molar-refractivity contribution in [3.05, 3.63) is 18.0 Å². The second-order valence-corrected chi connectivity index (χ2v) is 4.40. The predicted octanol–water partition coefficient (Wildman–Crippen LogP) is 2.61. The van der Waals surface area contributed by atoms with Crippen LogP contribution >= 0.6 is 0 Å². The Morgan fingerprint density at radius 1 is 1.62 bits per heavy atom. The summed E-state index contributed by atoms with van der Waals surface area (Å²) in [6, 6.07) is 2.06. The normalized spacial score (nSPS) is 17.8. The molecular weight excluding hydrogens is 160 g/mol. The molecule has 71 valence electrons. The molecule has 1 aromatic rings. The summed E-state index contributed by atoms with van der Waals surface area (Å²) in [7, 11) is 0. The zero-order chi connectivity index (χ0) is 9.26. The van der Waals surface area contributed by atoms with Gasteiger partial charge in [0.25, 0.3) is 0 Å². The van der Waals surface area contributed by atoms with Crippen molar-refractivity contribution >= 4 is 0 Å². The first-order valence-corrected chi connectivity index (χ1v) is 5.21. The average molecular weight is 177 g/mol. The van der Waals surface area contributed by atoms with Gasteiger partial charge in [0.05, 0.1) is 0 Å². The zero-order valence-electron chi connectivity index (χ0n) is 8.45. The Labute approximate surface area is 80.0 Å². The van der Waals surface area contributed by atoms with Crippen LogP contribution in [0.15, 0.2) is 6.07 Å². The standard InChI is InChI=1S/C11H17N2/c1-9(2)8-13-11(6-7-12-13)10-4-3-5-10/h6,9-10H,3-5,8H2,1-2H3. The van der Waals surface area contributed by atoms with Crippen molar-refractivity contribution < 1.29 is 0 Å². The molecule has 0 unspecified atom stereocenters. The lowest BCUT2D eigenvalue weighted by molar-refractivity contribution is 0.372. The molecule has 0 amide bonds. The highest BCUT2D eigenvalue weighted by Crippen LogP contribution is 2.36. The van der Waals surface area contributed by atoms with Gasteiger partial charge >= 0.3 is 0 Å². The summed E-state index contributed by atoms with van der Waals surface area (Å²) < 4.78 is 2.13. The molecule has 1 fully saturated rings. The lowest BCUT2D eigenvalue weighted by Gasteiger charge is -2.26. The largest absolute Gasteiger partial charge is 0.268 e. The van der Waals surface area contributed by atoms with Crippen LogP contribution < -0.4 is 0 Å². The number of nitrogens with zero attached hydrogens (tertiary/aromatic N) is 2. The molecule has 0 atom stereocenters. The Kier molecular flexibility index (Phi) is 2.38. The summed E-state index contributed by atoms with van der Waals surface area (Å²) in [5.74, 6) is 1.45. The topological polar surface area (TPSA) is 17.8 Å². The minimum absolute atomic E-state index is 0.673. The quantitative estimate of drug-likeness (QED) is 0.694. The molecule has 1 aliphatic carbocycles. The Hall–Kier alpha value is -0.790. The minimum Gasteiger partial charge on any atom is -0.268 e. The third kappa shape index (κ3) is 1.77. The summed E-state index contributed by atoms with van der Waals surface area (Å²) in [6.45, 7) is 5.49.